The first-order valence-corrected chi connectivity index (χ1v) is 10.5. The summed E-state index contributed by atoms with van der Waals surface area (Å²) in [6.45, 7) is 3.04. The maximum absolute atomic E-state index is 12.0. The summed E-state index contributed by atoms with van der Waals surface area (Å²) in [5.74, 6) is 0.990. The molecule has 2 aromatic carbocycles. The molecule has 28 heavy (non-hydrogen) atoms. The van der Waals surface area contributed by atoms with Crippen molar-refractivity contribution in [2.45, 2.75) is 45.3 Å². The molecule has 5 nitrogen and oxygen atoms in total. The number of nitrogens with one attached hydrogen (secondary N) is 1. The number of aliphatic hydroxyl groups is 1. The van der Waals surface area contributed by atoms with Gasteiger partial charge in [-0.1, -0.05) is 40.2 Å². The van der Waals surface area contributed by atoms with Crippen molar-refractivity contribution < 1.29 is 9.90 Å². The minimum atomic E-state index is -0.355. The molecule has 0 fully saturated rings. The van der Waals surface area contributed by atoms with Gasteiger partial charge in [0.15, 0.2) is 0 Å². The fraction of sp³-hybridized carbons (Fsp3) is 0.364. The van der Waals surface area contributed by atoms with Crippen LogP contribution in [0.2, 0.25) is 0 Å². The monoisotopic (exact) mass is 443 g/mol. The number of rotatable bonds is 9. The van der Waals surface area contributed by atoms with E-state index in [9.17, 15) is 9.90 Å². The van der Waals surface area contributed by atoms with Crippen LogP contribution in [0.25, 0.3) is 11.0 Å². The molecule has 1 amide bonds. The fourth-order valence-electron chi connectivity index (χ4n) is 3.23. The lowest BCUT2D eigenvalue weighted by Gasteiger charge is -2.11. The van der Waals surface area contributed by atoms with Gasteiger partial charge in [0.1, 0.15) is 5.82 Å². The number of benzene rings is 2. The van der Waals surface area contributed by atoms with Gasteiger partial charge in [-0.3, -0.25) is 4.79 Å². The van der Waals surface area contributed by atoms with Gasteiger partial charge in [0, 0.05) is 30.4 Å². The molecule has 1 atom stereocenters. The highest BCUT2D eigenvalue weighted by atomic mass is 79.9. The summed E-state index contributed by atoms with van der Waals surface area (Å²) in [5.41, 5.74) is 3.27. The molecule has 0 aliphatic carbocycles. The van der Waals surface area contributed by atoms with Crippen molar-refractivity contribution in [2.24, 2.45) is 0 Å². The normalized spacial score (nSPS) is 12.2. The molecule has 0 bridgehead atoms. The number of aromatic nitrogens is 2. The lowest BCUT2D eigenvalue weighted by Crippen LogP contribution is -2.26. The zero-order valence-corrected chi connectivity index (χ0v) is 17.7. The van der Waals surface area contributed by atoms with Crippen molar-refractivity contribution in [1.82, 2.24) is 14.9 Å². The van der Waals surface area contributed by atoms with Crippen molar-refractivity contribution in [3.8, 4) is 0 Å². The largest absolute Gasteiger partial charge is 0.393 e. The van der Waals surface area contributed by atoms with Crippen LogP contribution in [-0.4, -0.2) is 33.2 Å². The van der Waals surface area contributed by atoms with Crippen molar-refractivity contribution in [3.05, 3.63) is 64.4 Å². The van der Waals surface area contributed by atoms with Gasteiger partial charge in [0.2, 0.25) is 5.91 Å². The minimum absolute atomic E-state index is 0.0243. The molecule has 6 heteroatoms. The molecule has 0 aliphatic heterocycles. The Bertz CT molecular complexity index is 919. The van der Waals surface area contributed by atoms with E-state index in [2.05, 4.69) is 44.0 Å². The van der Waals surface area contributed by atoms with Gasteiger partial charge < -0.3 is 15.0 Å². The molecule has 148 valence electrons. The van der Waals surface area contributed by atoms with E-state index in [0.29, 0.717) is 32.2 Å². The van der Waals surface area contributed by atoms with Crippen LogP contribution in [0.15, 0.2) is 53.0 Å². The second-order valence-corrected chi connectivity index (χ2v) is 7.99. The number of imidazole rings is 1. The molecular weight excluding hydrogens is 418 g/mol. The van der Waals surface area contributed by atoms with Crippen molar-refractivity contribution >= 4 is 32.9 Å². The average Bonchev–Trinajstić information content (AvgIpc) is 3.01. The summed E-state index contributed by atoms with van der Waals surface area (Å²) < 4.78 is 3.28. The third-order valence-electron chi connectivity index (χ3n) is 4.68. The van der Waals surface area contributed by atoms with Gasteiger partial charge >= 0.3 is 0 Å². The number of hydrogen-bond acceptors (Lipinski definition) is 3. The molecule has 0 saturated heterocycles. The lowest BCUT2D eigenvalue weighted by atomic mass is 10.1. The van der Waals surface area contributed by atoms with Gasteiger partial charge in [-0.05, 0) is 49.6 Å². The second kappa shape index (κ2) is 9.85. The van der Waals surface area contributed by atoms with Crippen molar-refractivity contribution in [3.63, 3.8) is 0 Å². The summed E-state index contributed by atoms with van der Waals surface area (Å²) in [4.78, 5) is 16.7. The Balaban J connectivity index is 1.67. The second-order valence-electron chi connectivity index (χ2n) is 7.07. The van der Waals surface area contributed by atoms with Crippen LogP contribution in [0.4, 0.5) is 0 Å². The number of carbonyl (C=O) groups is 1. The zero-order valence-electron chi connectivity index (χ0n) is 16.1. The smallest absolute Gasteiger partial charge is 0.220 e. The number of carbonyl (C=O) groups excluding carboxylic acids is 1. The van der Waals surface area contributed by atoms with E-state index >= 15 is 0 Å². The van der Waals surface area contributed by atoms with E-state index in [4.69, 9.17) is 4.98 Å². The maximum Gasteiger partial charge on any atom is 0.220 e. The summed E-state index contributed by atoms with van der Waals surface area (Å²) in [7, 11) is 0. The Kier molecular flexibility index (Phi) is 7.23. The molecule has 0 radical (unpaired) electrons. The molecule has 0 unspecified atom stereocenters. The summed E-state index contributed by atoms with van der Waals surface area (Å²) in [6, 6.07) is 16.4. The predicted octanol–water partition coefficient (Wildman–Crippen LogP) is 4.06. The van der Waals surface area contributed by atoms with Crippen LogP contribution in [0.1, 0.15) is 37.6 Å². The van der Waals surface area contributed by atoms with E-state index in [1.807, 2.05) is 30.3 Å². The van der Waals surface area contributed by atoms with Crippen molar-refractivity contribution in [1.29, 1.82) is 0 Å². The third-order valence-corrected chi connectivity index (χ3v) is 5.21. The number of nitrogens with zero attached hydrogens (tertiary/aromatic N) is 2. The lowest BCUT2D eigenvalue weighted by molar-refractivity contribution is -0.121. The van der Waals surface area contributed by atoms with E-state index in [1.165, 1.54) is 5.56 Å². The van der Waals surface area contributed by atoms with Crippen LogP contribution >= 0.6 is 15.9 Å². The van der Waals surface area contributed by atoms with Crippen LogP contribution in [0, 0.1) is 0 Å². The van der Waals surface area contributed by atoms with E-state index in [1.54, 1.807) is 6.92 Å². The van der Waals surface area contributed by atoms with Gasteiger partial charge in [0.05, 0.1) is 17.1 Å². The van der Waals surface area contributed by atoms with Gasteiger partial charge in [-0.25, -0.2) is 4.98 Å². The highest BCUT2D eigenvalue weighted by Gasteiger charge is 2.11. The third kappa shape index (κ3) is 5.66. The summed E-state index contributed by atoms with van der Waals surface area (Å²) >= 11 is 3.48. The fourth-order valence-corrected chi connectivity index (χ4v) is 3.49. The Morgan fingerprint density at radius 1 is 1.21 bits per heavy atom. The van der Waals surface area contributed by atoms with Gasteiger partial charge in [-0.15, -0.1) is 0 Å². The first-order valence-electron chi connectivity index (χ1n) is 9.66. The first kappa shape index (κ1) is 20.6. The Morgan fingerprint density at radius 2 is 1.96 bits per heavy atom. The Labute approximate surface area is 173 Å². The quantitative estimate of drug-likeness (QED) is 0.523. The minimum Gasteiger partial charge on any atom is -0.393 e. The summed E-state index contributed by atoms with van der Waals surface area (Å²) in [6.07, 6.45) is 2.11. The number of halogens is 1. The molecule has 0 spiro atoms. The van der Waals surface area contributed by atoms with Crippen LogP contribution in [0.3, 0.4) is 0 Å². The number of aliphatic hydroxyl groups excluding tert-OH is 1. The molecule has 2 N–H and O–H groups in total. The molecule has 1 aromatic heterocycles. The number of para-hydroxylation sites is 2. The van der Waals surface area contributed by atoms with E-state index in [0.717, 1.165) is 27.9 Å². The van der Waals surface area contributed by atoms with Gasteiger partial charge in [-0.2, -0.15) is 0 Å². The average molecular weight is 444 g/mol. The first-order chi connectivity index (χ1) is 13.5. The molecule has 3 rings (SSSR count). The molecule has 3 aromatic rings. The highest BCUT2D eigenvalue weighted by Crippen LogP contribution is 2.19. The number of amides is 1. The number of fused-ring (bicyclic) bond motifs is 1. The van der Waals surface area contributed by atoms with Crippen molar-refractivity contribution in [2.75, 3.05) is 6.54 Å². The van der Waals surface area contributed by atoms with Gasteiger partial charge in [0.25, 0.3) is 0 Å². The summed E-state index contributed by atoms with van der Waals surface area (Å²) in [5, 5.41) is 12.2. The van der Waals surface area contributed by atoms with Crippen LogP contribution in [-0.2, 0) is 17.8 Å². The number of hydrogen-bond donors (Lipinski definition) is 2. The maximum atomic E-state index is 12.0. The standard InChI is InChI=1S/C22H26BrN3O2/c1-16(27)5-4-8-22(28)24-14-13-21-25-19-6-2-3-7-20(19)26(21)15-17-9-11-18(23)12-10-17/h2-3,6-7,9-12,16,27H,4-5,8,13-15H2,1H3,(H,24,28)/t16-/m0/s1. The van der Waals surface area contributed by atoms with E-state index in [-0.39, 0.29) is 12.0 Å². The van der Waals surface area contributed by atoms with Crippen LogP contribution in [0.5, 0.6) is 0 Å². The van der Waals surface area contributed by atoms with Crippen LogP contribution < -0.4 is 5.32 Å². The highest BCUT2D eigenvalue weighted by molar-refractivity contribution is 9.10. The topological polar surface area (TPSA) is 67.2 Å². The molecule has 0 saturated carbocycles. The zero-order chi connectivity index (χ0) is 19.9. The molecular formula is C22H26BrN3O2. The Morgan fingerprint density at radius 3 is 2.71 bits per heavy atom. The molecule has 0 aliphatic rings. The van der Waals surface area contributed by atoms with E-state index < -0.39 is 0 Å². The Hall–Kier alpha value is -2.18. The molecule has 1 heterocycles. The predicted molar refractivity (Wildman–Crippen MR) is 115 cm³/mol. The SMILES string of the molecule is C[C@H](O)CCCC(=O)NCCc1nc2ccccc2n1Cc1ccc(Br)cc1.